The van der Waals surface area contributed by atoms with Gasteiger partial charge in [0, 0.05) is 0 Å². The molecule has 28 heavy (non-hydrogen) atoms. The number of fused-ring (bicyclic) bond motifs is 6. The SMILES string of the molecule is CCCCCOc1ccc2c(ccc3c4cc5ccccc5cc4ccc23)c1. The van der Waals surface area contributed by atoms with Crippen molar-refractivity contribution >= 4 is 43.1 Å². The standard InChI is InChI=1S/C27H24O/c1-2-3-6-15-28-23-11-14-24-22(17-23)10-13-26-25(24)12-9-21-16-19-7-4-5-8-20(19)18-27(21)26/h4-5,7-14,16-18H,2-3,6,15H2,1H3. The van der Waals surface area contributed by atoms with Crippen LogP contribution in [0, 0.1) is 0 Å². The zero-order valence-electron chi connectivity index (χ0n) is 16.2. The Labute approximate surface area is 165 Å². The van der Waals surface area contributed by atoms with Gasteiger partial charge in [-0.2, -0.15) is 0 Å². The second-order valence-corrected chi connectivity index (χ2v) is 7.59. The third-order valence-corrected chi connectivity index (χ3v) is 5.69. The highest BCUT2D eigenvalue weighted by Gasteiger charge is 2.07. The molecular formula is C27H24O. The average Bonchev–Trinajstić information content (AvgIpc) is 2.74. The Balaban J connectivity index is 1.62. The van der Waals surface area contributed by atoms with E-state index in [9.17, 15) is 0 Å². The van der Waals surface area contributed by atoms with E-state index in [1.165, 1.54) is 55.9 Å². The predicted octanol–water partition coefficient (Wildman–Crippen LogP) is 7.87. The first kappa shape index (κ1) is 17.1. The van der Waals surface area contributed by atoms with E-state index >= 15 is 0 Å². The van der Waals surface area contributed by atoms with E-state index in [0.717, 1.165) is 18.8 Å². The molecule has 0 atom stereocenters. The fraction of sp³-hybridized carbons (Fsp3) is 0.185. The van der Waals surface area contributed by atoms with E-state index in [2.05, 4.69) is 85.8 Å². The van der Waals surface area contributed by atoms with Crippen LogP contribution in [0.25, 0.3) is 43.1 Å². The Kier molecular flexibility index (Phi) is 4.37. The first-order valence-electron chi connectivity index (χ1n) is 10.2. The Morgan fingerprint density at radius 2 is 1.25 bits per heavy atom. The number of benzene rings is 5. The maximum absolute atomic E-state index is 5.95. The van der Waals surface area contributed by atoms with Gasteiger partial charge in [-0.15, -0.1) is 0 Å². The van der Waals surface area contributed by atoms with Crippen LogP contribution in [0.1, 0.15) is 26.2 Å². The Morgan fingerprint density at radius 3 is 2.04 bits per heavy atom. The van der Waals surface area contributed by atoms with Crippen LogP contribution in [0.3, 0.4) is 0 Å². The first-order valence-corrected chi connectivity index (χ1v) is 10.2. The average molecular weight is 364 g/mol. The van der Waals surface area contributed by atoms with Gasteiger partial charge in [0.05, 0.1) is 6.61 Å². The molecule has 0 unspecified atom stereocenters. The largest absolute Gasteiger partial charge is 0.494 e. The highest BCUT2D eigenvalue weighted by Crippen LogP contribution is 2.34. The van der Waals surface area contributed by atoms with Crippen LogP contribution >= 0.6 is 0 Å². The molecule has 5 aromatic carbocycles. The molecule has 0 aliphatic rings. The van der Waals surface area contributed by atoms with Crippen LogP contribution in [-0.2, 0) is 0 Å². The maximum Gasteiger partial charge on any atom is 0.119 e. The number of hydrogen-bond donors (Lipinski definition) is 0. The van der Waals surface area contributed by atoms with Crippen molar-refractivity contribution < 1.29 is 4.74 Å². The van der Waals surface area contributed by atoms with Crippen LogP contribution < -0.4 is 4.74 Å². The summed E-state index contributed by atoms with van der Waals surface area (Å²) in [6.45, 7) is 3.01. The van der Waals surface area contributed by atoms with Gasteiger partial charge in [-0.25, -0.2) is 0 Å². The smallest absolute Gasteiger partial charge is 0.119 e. The number of rotatable bonds is 5. The van der Waals surface area contributed by atoms with Crippen molar-refractivity contribution in [2.45, 2.75) is 26.2 Å². The van der Waals surface area contributed by atoms with E-state index in [4.69, 9.17) is 4.74 Å². The molecule has 1 nitrogen and oxygen atoms in total. The van der Waals surface area contributed by atoms with Gasteiger partial charge in [0.2, 0.25) is 0 Å². The topological polar surface area (TPSA) is 9.23 Å². The van der Waals surface area contributed by atoms with Gasteiger partial charge in [-0.3, -0.25) is 0 Å². The van der Waals surface area contributed by atoms with Gasteiger partial charge < -0.3 is 4.74 Å². The third-order valence-electron chi connectivity index (χ3n) is 5.69. The highest BCUT2D eigenvalue weighted by molar-refractivity contribution is 6.19. The maximum atomic E-state index is 5.95. The molecule has 0 N–H and O–H groups in total. The molecule has 0 aromatic heterocycles. The minimum atomic E-state index is 0.796. The van der Waals surface area contributed by atoms with Gasteiger partial charge in [0.1, 0.15) is 5.75 Å². The predicted molar refractivity (Wildman–Crippen MR) is 121 cm³/mol. The molecule has 5 rings (SSSR count). The fourth-order valence-electron chi connectivity index (χ4n) is 4.18. The lowest BCUT2D eigenvalue weighted by molar-refractivity contribution is 0.306. The highest BCUT2D eigenvalue weighted by atomic mass is 16.5. The quantitative estimate of drug-likeness (QED) is 0.175. The Bertz CT molecular complexity index is 1300. The monoisotopic (exact) mass is 364 g/mol. The third kappa shape index (κ3) is 2.97. The number of unbranched alkanes of at least 4 members (excludes halogenated alkanes) is 2. The molecule has 138 valence electrons. The van der Waals surface area contributed by atoms with Crippen LogP contribution in [-0.4, -0.2) is 6.61 Å². The second-order valence-electron chi connectivity index (χ2n) is 7.59. The molecular weight excluding hydrogens is 340 g/mol. The lowest BCUT2D eigenvalue weighted by Gasteiger charge is -2.11. The normalized spacial score (nSPS) is 11.6. The van der Waals surface area contributed by atoms with E-state index in [-0.39, 0.29) is 0 Å². The van der Waals surface area contributed by atoms with Crippen LogP contribution in [0.15, 0.2) is 78.9 Å². The summed E-state index contributed by atoms with van der Waals surface area (Å²) < 4.78 is 5.95. The van der Waals surface area contributed by atoms with Gasteiger partial charge in [-0.05, 0) is 73.8 Å². The summed E-state index contributed by atoms with van der Waals surface area (Å²) >= 11 is 0. The molecule has 0 amide bonds. The first-order chi connectivity index (χ1) is 13.8. The molecule has 0 aliphatic carbocycles. The minimum absolute atomic E-state index is 0.796. The van der Waals surface area contributed by atoms with Crippen molar-refractivity contribution in [3.63, 3.8) is 0 Å². The van der Waals surface area contributed by atoms with Crippen molar-refractivity contribution in [3.8, 4) is 5.75 Å². The van der Waals surface area contributed by atoms with E-state index < -0.39 is 0 Å². The molecule has 0 bridgehead atoms. The molecule has 0 radical (unpaired) electrons. The zero-order valence-corrected chi connectivity index (χ0v) is 16.2. The van der Waals surface area contributed by atoms with Crippen molar-refractivity contribution in [1.29, 1.82) is 0 Å². The zero-order chi connectivity index (χ0) is 18.9. The van der Waals surface area contributed by atoms with Crippen molar-refractivity contribution in [2.24, 2.45) is 0 Å². The summed E-state index contributed by atoms with van der Waals surface area (Å²) in [4.78, 5) is 0. The van der Waals surface area contributed by atoms with Gasteiger partial charge in [0.25, 0.3) is 0 Å². The van der Waals surface area contributed by atoms with Gasteiger partial charge in [0.15, 0.2) is 0 Å². The van der Waals surface area contributed by atoms with Gasteiger partial charge >= 0.3 is 0 Å². The molecule has 0 fully saturated rings. The second kappa shape index (κ2) is 7.16. The Hall–Kier alpha value is -3.06. The summed E-state index contributed by atoms with van der Waals surface area (Å²) in [5.74, 6) is 0.967. The van der Waals surface area contributed by atoms with Crippen LogP contribution in [0.4, 0.5) is 0 Å². The lowest BCUT2D eigenvalue weighted by Crippen LogP contribution is -1.96. The van der Waals surface area contributed by atoms with E-state index in [0.29, 0.717) is 0 Å². The molecule has 0 spiro atoms. The summed E-state index contributed by atoms with van der Waals surface area (Å²) in [6, 6.07) is 28.7. The molecule has 0 aliphatic heterocycles. The molecule has 0 heterocycles. The number of hydrogen-bond acceptors (Lipinski definition) is 1. The van der Waals surface area contributed by atoms with Crippen molar-refractivity contribution in [1.82, 2.24) is 0 Å². The summed E-state index contributed by atoms with van der Waals surface area (Å²) in [5.41, 5.74) is 0. The van der Waals surface area contributed by atoms with Crippen molar-refractivity contribution in [2.75, 3.05) is 6.61 Å². The molecule has 0 saturated heterocycles. The lowest BCUT2D eigenvalue weighted by atomic mass is 9.95. The fourth-order valence-corrected chi connectivity index (χ4v) is 4.18. The van der Waals surface area contributed by atoms with E-state index in [1.807, 2.05) is 0 Å². The molecule has 1 heteroatoms. The van der Waals surface area contributed by atoms with Gasteiger partial charge in [-0.1, -0.05) is 74.4 Å². The molecule has 5 aromatic rings. The summed E-state index contributed by atoms with van der Waals surface area (Å²) in [7, 11) is 0. The summed E-state index contributed by atoms with van der Waals surface area (Å²) in [5, 5.41) is 10.3. The van der Waals surface area contributed by atoms with Crippen LogP contribution in [0.2, 0.25) is 0 Å². The van der Waals surface area contributed by atoms with Crippen LogP contribution in [0.5, 0.6) is 5.75 Å². The Morgan fingerprint density at radius 1 is 0.571 bits per heavy atom. The van der Waals surface area contributed by atoms with E-state index in [1.54, 1.807) is 0 Å². The van der Waals surface area contributed by atoms with Crippen molar-refractivity contribution in [3.05, 3.63) is 78.9 Å². The number of ether oxygens (including phenoxy) is 1. The minimum Gasteiger partial charge on any atom is -0.494 e. The summed E-state index contributed by atoms with van der Waals surface area (Å²) in [6.07, 6.45) is 3.56. The molecule has 0 saturated carbocycles.